The van der Waals surface area contributed by atoms with Crippen molar-refractivity contribution in [1.82, 2.24) is 9.97 Å². The largest absolute Gasteiger partial charge is 0.312 e. The maximum Gasteiger partial charge on any atom is 0.268 e. The smallest absolute Gasteiger partial charge is 0.268 e. The van der Waals surface area contributed by atoms with Gasteiger partial charge in [-0.3, -0.25) is 0 Å². The van der Waals surface area contributed by atoms with Gasteiger partial charge in [-0.15, -0.1) is 0 Å². The molecule has 2 rings (SSSR count). The first-order valence-corrected chi connectivity index (χ1v) is 5.40. The SMILES string of the molecule is O=S(=O)=C1C=CC(c2nc(F)c(F)[nH]2)=CC1. The highest BCUT2D eigenvalue weighted by atomic mass is 32.2. The Balaban J connectivity index is 2.34. The first-order valence-electron chi connectivity index (χ1n) is 4.32. The van der Waals surface area contributed by atoms with Crippen LogP contribution in [0.1, 0.15) is 12.2 Å². The molecule has 16 heavy (non-hydrogen) atoms. The van der Waals surface area contributed by atoms with E-state index in [1.807, 2.05) is 0 Å². The highest BCUT2D eigenvalue weighted by molar-refractivity contribution is 7.73. The number of halogens is 2. The summed E-state index contributed by atoms with van der Waals surface area (Å²) < 4.78 is 46.5. The average Bonchev–Trinajstić information content (AvgIpc) is 2.59. The minimum absolute atomic E-state index is 0.0435. The lowest BCUT2D eigenvalue weighted by molar-refractivity contribution is 0.475. The fraction of sp³-hybridized carbons (Fsp3) is 0.111. The van der Waals surface area contributed by atoms with E-state index in [0.29, 0.717) is 5.57 Å². The Hall–Kier alpha value is -1.76. The van der Waals surface area contributed by atoms with Gasteiger partial charge in [-0.25, -0.2) is 0 Å². The molecule has 1 N–H and O–H groups in total. The normalized spacial score (nSPS) is 15.1. The molecule has 0 aromatic carbocycles. The predicted molar refractivity (Wildman–Crippen MR) is 54.2 cm³/mol. The molecule has 0 radical (unpaired) electrons. The summed E-state index contributed by atoms with van der Waals surface area (Å²) in [5, 5.41) is 0. The third-order valence-corrected chi connectivity index (χ3v) is 2.81. The quantitative estimate of drug-likeness (QED) is 0.752. The number of H-pyrrole nitrogens is 1. The molecule has 4 nitrogen and oxygen atoms in total. The monoisotopic (exact) mass is 244 g/mol. The van der Waals surface area contributed by atoms with Crippen LogP contribution in [0.25, 0.3) is 5.57 Å². The summed E-state index contributed by atoms with van der Waals surface area (Å²) >= 11 is 0. The van der Waals surface area contributed by atoms with Crippen LogP contribution in [0.2, 0.25) is 0 Å². The third kappa shape index (κ3) is 1.94. The summed E-state index contributed by atoms with van der Waals surface area (Å²) in [4.78, 5) is 5.67. The van der Waals surface area contributed by atoms with Crippen LogP contribution in [0.4, 0.5) is 8.78 Å². The molecule has 0 spiro atoms. The number of nitrogens with one attached hydrogen (secondary N) is 1. The number of imidazole rings is 1. The van der Waals surface area contributed by atoms with Gasteiger partial charge < -0.3 is 4.98 Å². The molecule has 0 aliphatic heterocycles. The van der Waals surface area contributed by atoms with Gasteiger partial charge in [0.05, 0.1) is 4.86 Å². The van der Waals surface area contributed by atoms with Crippen molar-refractivity contribution in [1.29, 1.82) is 0 Å². The highest BCUT2D eigenvalue weighted by Crippen LogP contribution is 2.18. The Morgan fingerprint density at radius 1 is 1.31 bits per heavy atom. The van der Waals surface area contributed by atoms with E-state index in [2.05, 4.69) is 9.97 Å². The van der Waals surface area contributed by atoms with E-state index in [9.17, 15) is 17.2 Å². The fourth-order valence-electron chi connectivity index (χ4n) is 1.30. The molecule has 1 aromatic rings. The Kier molecular flexibility index (Phi) is 2.69. The van der Waals surface area contributed by atoms with Crippen LogP contribution >= 0.6 is 0 Å². The second-order valence-corrected chi connectivity index (χ2v) is 4.08. The van der Waals surface area contributed by atoms with Gasteiger partial charge in [-0.1, -0.05) is 12.2 Å². The van der Waals surface area contributed by atoms with Gasteiger partial charge in [0.15, 0.2) is 0 Å². The second-order valence-electron chi connectivity index (χ2n) is 3.09. The molecular weight excluding hydrogens is 238 g/mol. The van der Waals surface area contributed by atoms with E-state index < -0.39 is 22.2 Å². The van der Waals surface area contributed by atoms with E-state index >= 15 is 0 Å². The Labute approximate surface area is 90.9 Å². The molecular formula is C9H6F2N2O2S. The zero-order valence-corrected chi connectivity index (χ0v) is 8.68. The average molecular weight is 244 g/mol. The predicted octanol–water partition coefficient (Wildman–Crippen LogP) is 1.08. The number of aromatic amines is 1. The minimum atomic E-state index is -2.27. The van der Waals surface area contributed by atoms with Gasteiger partial charge >= 0.3 is 0 Å². The molecule has 1 aromatic heterocycles. The molecule has 0 saturated heterocycles. The van der Waals surface area contributed by atoms with Crippen molar-refractivity contribution in [2.75, 3.05) is 0 Å². The minimum Gasteiger partial charge on any atom is -0.312 e. The number of hydrogen-bond donors (Lipinski definition) is 1. The first-order chi connectivity index (χ1) is 7.58. The van der Waals surface area contributed by atoms with Gasteiger partial charge in [0.25, 0.3) is 5.95 Å². The maximum absolute atomic E-state index is 12.7. The van der Waals surface area contributed by atoms with Crippen LogP contribution in [-0.4, -0.2) is 23.3 Å². The Morgan fingerprint density at radius 3 is 2.50 bits per heavy atom. The van der Waals surface area contributed by atoms with Gasteiger partial charge in [0, 0.05) is 12.0 Å². The summed E-state index contributed by atoms with van der Waals surface area (Å²) in [5.74, 6) is -2.29. The highest BCUT2D eigenvalue weighted by Gasteiger charge is 2.13. The van der Waals surface area contributed by atoms with E-state index in [-0.39, 0.29) is 17.1 Å². The standard InChI is InChI=1S/C9H6F2N2O2S/c10-7-8(11)13-9(12-7)5-1-3-6(4-2-5)16(14)15/h1-3H,4H2,(H,12,13). The van der Waals surface area contributed by atoms with E-state index in [1.165, 1.54) is 18.2 Å². The van der Waals surface area contributed by atoms with Crippen LogP contribution in [0.3, 0.4) is 0 Å². The van der Waals surface area contributed by atoms with Crippen LogP contribution in [-0.2, 0) is 10.3 Å². The molecule has 0 amide bonds. The maximum atomic E-state index is 12.7. The molecule has 0 bridgehead atoms. The second kappa shape index (κ2) is 4.01. The van der Waals surface area contributed by atoms with E-state index in [1.54, 1.807) is 0 Å². The van der Waals surface area contributed by atoms with Crippen molar-refractivity contribution in [2.45, 2.75) is 6.42 Å². The van der Waals surface area contributed by atoms with Crippen molar-refractivity contribution < 1.29 is 17.2 Å². The van der Waals surface area contributed by atoms with Gasteiger partial charge in [0.1, 0.15) is 5.82 Å². The number of nitrogens with zero attached hydrogens (tertiary/aromatic N) is 1. The lowest BCUT2D eigenvalue weighted by Gasteiger charge is -2.03. The summed E-state index contributed by atoms with van der Waals surface area (Å²) in [7, 11) is -2.27. The third-order valence-electron chi connectivity index (χ3n) is 2.08. The topological polar surface area (TPSA) is 62.8 Å². The van der Waals surface area contributed by atoms with Gasteiger partial charge in [0.2, 0.25) is 16.2 Å². The van der Waals surface area contributed by atoms with Gasteiger partial charge in [-0.05, 0) is 6.08 Å². The van der Waals surface area contributed by atoms with E-state index in [0.717, 1.165) is 0 Å². The fourth-order valence-corrected chi connectivity index (χ4v) is 1.69. The van der Waals surface area contributed by atoms with Crippen molar-refractivity contribution >= 4 is 20.7 Å². The molecule has 0 unspecified atom stereocenters. The van der Waals surface area contributed by atoms with Crippen molar-refractivity contribution in [3.8, 4) is 0 Å². The van der Waals surface area contributed by atoms with Crippen LogP contribution in [0.5, 0.6) is 0 Å². The zero-order valence-electron chi connectivity index (χ0n) is 7.87. The summed E-state index contributed by atoms with van der Waals surface area (Å²) in [5.41, 5.74) is 0.456. The molecule has 1 aliphatic carbocycles. The molecule has 0 fully saturated rings. The molecule has 0 atom stereocenters. The van der Waals surface area contributed by atoms with Crippen LogP contribution in [0.15, 0.2) is 18.2 Å². The van der Waals surface area contributed by atoms with E-state index in [4.69, 9.17) is 0 Å². The van der Waals surface area contributed by atoms with Crippen LogP contribution < -0.4 is 0 Å². The Morgan fingerprint density at radius 2 is 2.06 bits per heavy atom. The van der Waals surface area contributed by atoms with Crippen molar-refractivity contribution in [3.63, 3.8) is 0 Å². The Bertz CT molecular complexity index is 598. The number of aromatic nitrogens is 2. The summed E-state index contributed by atoms with van der Waals surface area (Å²) in [6.07, 6.45) is 4.53. The summed E-state index contributed by atoms with van der Waals surface area (Å²) in [6.45, 7) is 0. The zero-order chi connectivity index (χ0) is 11.7. The molecule has 1 heterocycles. The molecule has 0 saturated carbocycles. The van der Waals surface area contributed by atoms with Crippen molar-refractivity contribution in [2.24, 2.45) is 0 Å². The van der Waals surface area contributed by atoms with Gasteiger partial charge in [-0.2, -0.15) is 22.2 Å². The lowest BCUT2D eigenvalue weighted by Crippen LogP contribution is -1.99. The van der Waals surface area contributed by atoms with Crippen LogP contribution in [0, 0.1) is 11.9 Å². The van der Waals surface area contributed by atoms with Crippen molar-refractivity contribution in [3.05, 3.63) is 35.9 Å². The first kappa shape index (κ1) is 10.7. The number of allylic oxidation sites excluding steroid dienone is 4. The molecule has 84 valence electrons. The number of rotatable bonds is 1. The molecule has 1 aliphatic rings. The number of hydrogen-bond acceptors (Lipinski definition) is 3. The molecule has 7 heteroatoms. The summed E-state index contributed by atoms with van der Waals surface area (Å²) in [6, 6.07) is 0. The lowest BCUT2D eigenvalue weighted by atomic mass is 10.1.